The summed E-state index contributed by atoms with van der Waals surface area (Å²) >= 11 is 5.80. The zero-order chi connectivity index (χ0) is 17.1. The molecule has 1 atom stereocenters. The number of hydrogen-bond acceptors (Lipinski definition) is 5. The van der Waals surface area contributed by atoms with Crippen LogP contribution in [0.1, 0.15) is 31.2 Å². The Labute approximate surface area is 148 Å². The maximum atomic E-state index is 5.80. The van der Waals surface area contributed by atoms with Crippen LogP contribution in [0.25, 0.3) is 0 Å². The van der Waals surface area contributed by atoms with Crippen LogP contribution in [0.3, 0.4) is 0 Å². The molecule has 0 radical (unpaired) electrons. The molecule has 1 aliphatic heterocycles. The Balaban J connectivity index is 1.48. The zero-order valence-corrected chi connectivity index (χ0v) is 15.3. The van der Waals surface area contributed by atoms with Crippen LogP contribution in [0.4, 0.5) is 5.82 Å². The first-order valence-corrected chi connectivity index (χ1v) is 8.90. The van der Waals surface area contributed by atoms with Crippen LogP contribution in [0.15, 0.2) is 18.2 Å². The summed E-state index contributed by atoms with van der Waals surface area (Å²) in [4.78, 5) is 2.27. The molecule has 24 heavy (non-hydrogen) atoms. The van der Waals surface area contributed by atoms with E-state index >= 15 is 0 Å². The molecule has 1 N–H and O–H groups in total. The highest BCUT2D eigenvalue weighted by Crippen LogP contribution is 2.18. The summed E-state index contributed by atoms with van der Waals surface area (Å²) in [5.41, 5.74) is 2.30. The molecule has 7 heteroatoms. The third-order valence-corrected chi connectivity index (χ3v) is 4.71. The molecule has 3 rings (SSSR count). The van der Waals surface area contributed by atoms with E-state index in [4.69, 9.17) is 11.6 Å². The maximum Gasteiger partial charge on any atom is 0.151 e. The minimum Gasteiger partial charge on any atom is -0.355 e. The van der Waals surface area contributed by atoms with E-state index in [1.165, 1.54) is 5.69 Å². The van der Waals surface area contributed by atoms with Crippen LogP contribution in [0.2, 0.25) is 5.15 Å². The molecule has 2 aromatic rings. The first-order valence-electron chi connectivity index (χ1n) is 8.52. The minimum absolute atomic E-state index is 0.398. The average molecular weight is 349 g/mol. The molecule has 0 unspecified atom stereocenters. The summed E-state index contributed by atoms with van der Waals surface area (Å²) in [6, 6.07) is 6.79. The third kappa shape index (κ3) is 4.24. The second-order valence-electron chi connectivity index (χ2n) is 6.65. The summed E-state index contributed by atoms with van der Waals surface area (Å²) in [5, 5.41) is 16.8. The fourth-order valence-corrected chi connectivity index (χ4v) is 3.43. The van der Waals surface area contributed by atoms with Crippen molar-refractivity contribution in [1.29, 1.82) is 0 Å². The lowest BCUT2D eigenvalue weighted by molar-refractivity contribution is 0.345. The van der Waals surface area contributed by atoms with E-state index in [9.17, 15) is 0 Å². The molecule has 6 nitrogen and oxygen atoms in total. The van der Waals surface area contributed by atoms with Crippen LogP contribution in [0.5, 0.6) is 0 Å². The van der Waals surface area contributed by atoms with E-state index in [1.807, 2.05) is 13.0 Å². The van der Waals surface area contributed by atoms with Gasteiger partial charge in [0.25, 0.3) is 0 Å². The average Bonchev–Trinajstić information content (AvgIpc) is 2.86. The number of aromatic nitrogens is 4. The maximum absolute atomic E-state index is 5.80. The summed E-state index contributed by atoms with van der Waals surface area (Å²) in [6.45, 7) is 9.26. The van der Waals surface area contributed by atoms with E-state index in [0.717, 1.165) is 44.0 Å². The van der Waals surface area contributed by atoms with E-state index < -0.39 is 0 Å². The Morgan fingerprint density at radius 2 is 2.00 bits per heavy atom. The van der Waals surface area contributed by atoms with Gasteiger partial charge in [-0.1, -0.05) is 11.6 Å². The van der Waals surface area contributed by atoms with Gasteiger partial charge in [0.2, 0.25) is 0 Å². The summed E-state index contributed by atoms with van der Waals surface area (Å²) in [7, 11) is 0. The van der Waals surface area contributed by atoms with Gasteiger partial charge in [-0.3, -0.25) is 4.68 Å². The molecule has 1 aliphatic rings. The molecular formula is C17H25ClN6. The fourth-order valence-electron chi connectivity index (χ4n) is 3.33. The number of anilines is 1. The lowest BCUT2D eigenvalue weighted by Gasteiger charge is -2.34. The van der Waals surface area contributed by atoms with E-state index in [2.05, 4.69) is 50.1 Å². The Morgan fingerprint density at radius 3 is 2.58 bits per heavy atom. The number of aryl methyl sites for hydroxylation is 2. The molecule has 0 spiro atoms. The molecule has 3 heterocycles. The van der Waals surface area contributed by atoms with Gasteiger partial charge in [0.05, 0.1) is 12.2 Å². The molecule has 0 saturated carbocycles. The van der Waals surface area contributed by atoms with Crippen molar-refractivity contribution in [2.75, 3.05) is 18.0 Å². The van der Waals surface area contributed by atoms with E-state index in [0.29, 0.717) is 17.2 Å². The van der Waals surface area contributed by atoms with Gasteiger partial charge in [-0.2, -0.15) is 5.10 Å². The van der Waals surface area contributed by atoms with Gasteiger partial charge in [-0.15, -0.1) is 10.2 Å². The van der Waals surface area contributed by atoms with Crippen molar-refractivity contribution in [1.82, 2.24) is 25.3 Å². The Morgan fingerprint density at radius 1 is 1.25 bits per heavy atom. The SMILES string of the molecule is Cc1cc(C)n(C[C@@H](C)NC2CCN(c3ccc(Cl)nn3)CC2)n1. The van der Waals surface area contributed by atoms with Gasteiger partial charge in [0, 0.05) is 30.9 Å². The predicted molar refractivity (Wildman–Crippen MR) is 96.6 cm³/mol. The molecule has 1 fully saturated rings. The molecule has 1 saturated heterocycles. The molecule has 0 aromatic carbocycles. The van der Waals surface area contributed by atoms with Gasteiger partial charge >= 0.3 is 0 Å². The first kappa shape index (κ1) is 17.2. The highest BCUT2D eigenvalue weighted by atomic mass is 35.5. The summed E-state index contributed by atoms with van der Waals surface area (Å²) < 4.78 is 2.09. The number of rotatable bonds is 5. The lowest BCUT2D eigenvalue weighted by atomic mass is 10.0. The molecular weight excluding hydrogens is 324 g/mol. The van der Waals surface area contributed by atoms with Crippen LogP contribution in [-0.2, 0) is 6.54 Å². The van der Waals surface area contributed by atoms with E-state index in [1.54, 1.807) is 6.07 Å². The van der Waals surface area contributed by atoms with Gasteiger partial charge < -0.3 is 10.2 Å². The predicted octanol–water partition coefficient (Wildman–Crippen LogP) is 2.59. The fraction of sp³-hybridized carbons (Fsp3) is 0.588. The van der Waals surface area contributed by atoms with Gasteiger partial charge in [-0.25, -0.2) is 0 Å². The second-order valence-corrected chi connectivity index (χ2v) is 7.04. The van der Waals surface area contributed by atoms with Crippen molar-refractivity contribution >= 4 is 17.4 Å². The Bertz CT molecular complexity index is 660. The number of nitrogens with zero attached hydrogens (tertiary/aromatic N) is 5. The van der Waals surface area contributed by atoms with Gasteiger partial charge in [-0.05, 0) is 51.8 Å². The van der Waals surface area contributed by atoms with Crippen molar-refractivity contribution in [3.8, 4) is 0 Å². The van der Waals surface area contributed by atoms with Crippen molar-refractivity contribution in [3.63, 3.8) is 0 Å². The monoisotopic (exact) mass is 348 g/mol. The van der Waals surface area contributed by atoms with Crippen LogP contribution < -0.4 is 10.2 Å². The van der Waals surface area contributed by atoms with Gasteiger partial charge in [0.1, 0.15) is 0 Å². The standard InChI is InChI=1S/C17H25ClN6/c1-12-10-14(3)24(22-12)11-13(2)19-15-6-8-23(9-7-15)17-5-4-16(18)20-21-17/h4-5,10,13,15,19H,6-9,11H2,1-3H3/t13-/m1/s1. The second kappa shape index (κ2) is 7.49. The third-order valence-electron chi connectivity index (χ3n) is 4.51. The molecule has 130 valence electrons. The number of halogens is 1. The number of hydrogen-bond donors (Lipinski definition) is 1. The molecule has 2 aromatic heterocycles. The molecule has 0 amide bonds. The molecule has 0 bridgehead atoms. The van der Waals surface area contributed by atoms with Gasteiger partial charge in [0.15, 0.2) is 11.0 Å². The summed E-state index contributed by atoms with van der Waals surface area (Å²) in [5.74, 6) is 0.911. The zero-order valence-electron chi connectivity index (χ0n) is 14.5. The minimum atomic E-state index is 0.398. The summed E-state index contributed by atoms with van der Waals surface area (Å²) in [6.07, 6.45) is 2.21. The van der Waals surface area contributed by atoms with Crippen molar-refractivity contribution in [2.24, 2.45) is 0 Å². The van der Waals surface area contributed by atoms with Crippen molar-refractivity contribution in [2.45, 2.75) is 52.2 Å². The highest BCUT2D eigenvalue weighted by Gasteiger charge is 2.21. The largest absolute Gasteiger partial charge is 0.355 e. The van der Waals surface area contributed by atoms with Crippen molar-refractivity contribution in [3.05, 3.63) is 34.7 Å². The Kier molecular flexibility index (Phi) is 5.36. The van der Waals surface area contributed by atoms with Crippen LogP contribution >= 0.6 is 11.6 Å². The highest BCUT2D eigenvalue weighted by molar-refractivity contribution is 6.29. The topological polar surface area (TPSA) is 58.9 Å². The normalized spacial score (nSPS) is 17.2. The first-order chi connectivity index (χ1) is 11.5. The lowest BCUT2D eigenvalue weighted by Crippen LogP contribution is -2.46. The smallest absolute Gasteiger partial charge is 0.151 e. The quantitative estimate of drug-likeness (QED) is 0.900. The Hall–Kier alpha value is -1.66. The molecule has 0 aliphatic carbocycles. The number of nitrogens with one attached hydrogen (secondary N) is 1. The van der Waals surface area contributed by atoms with E-state index in [-0.39, 0.29) is 0 Å². The number of piperidine rings is 1. The van der Waals surface area contributed by atoms with Crippen LogP contribution in [0, 0.1) is 13.8 Å². The van der Waals surface area contributed by atoms with Crippen molar-refractivity contribution < 1.29 is 0 Å². The van der Waals surface area contributed by atoms with Crippen LogP contribution in [-0.4, -0.2) is 45.2 Å².